The Balaban J connectivity index is 1.53. The highest BCUT2D eigenvalue weighted by atomic mass is 35.5. The lowest BCUT2D eigenvalue weighted by molar-refractivity contribution is -0.158. The van der Waals surface area contributed by atoms with Crippen LogP contribution < -0.4 is 10.6 Å². The number of anilines is 2. The van der Waals surface area contributed by atoms with E-state index >= 15 is 0 Å². The number of likely N-dealkylation sites (tertiary alicyclic amines) is 1. The topological polar surface area (TPSA) is 87.7 Å². The second-order valence-electron chi connectivity index (χ2n) is 7.25. The van der Waals surface area contributed by atoms with Crippen LogP contribution in [-0.2, 0) is 14.3 Å². The number of esters is 1. The van der Waals surface area contributed by atoms with Gasteiger partial charge in [-0.25, -0.2) is 4.79 Å². The van der Waals surface area contributed by atoms with Crippen molar-refractivity contribution in [1.29, 1.82) is 0 Å². The molecule has 3 rings (SSSR count). The van der Waals surface area contributed by atoms with Gasteiger partial charge < -0.3 is 20.3 Å². The smallest absolute Gasteiger partial charge is 0.321 e. The maximum absolute atomic E-state index is 12.6. The summed E-state index contributed by atoms with van der Waals surface area (Å²) in [6.45, 7) is 2.26. The van der Waals surface area contributed by atoms with E-state index in [1.807, 2.05) is 18.2 Å². The van der Waals surface area contributed by atoms with Gasteiger partial charge in [0.05, 0.1) is 21.7 Å². The molecule has 2 atom stereocenters. The van der Waals surface area contributed by atoms with Crippen molar-refractivity contribution < 1.29 is 19.1 Å². The molecule has 9 heteroatoms. The van der Waals surface area contributed by atoms with Crippen molar-refractivity contribution >= 4 is 52.5 Å². The number of piperidine rings is 1. The number of ether oxygens (including phenoxy) is 1. The molecule has 1 saturated heterocycles. The van der Waals surface area contributed by atoms with Crippen LogP contribution in [-0.4, -0.2) is 42.0 Å². The summed E-state index contributed by atoms with van der Waals surface area (Å²) >= 11 is 12.0. The fraction of sp³-hybridized carbons (Fsp3) is 0.318. The maximum atomic E-state index is 12.6. The molecule has 164 valence electrons. The molecule has 0 radical (unpaired) electrons. The van der Waals surface area contributed by atoms with E-state index in [1.165, 1.54) is 6.92 Å². The molecule has 0 spiro atoms. The Morgan fingerprint density at radius 1 is 1.06 bits per heavy atom. The number of nitrogens with one attached hydrogen (secondary N) is 2. The molecule has 0 aliphatic carbocycles. The Hall–Kier alpha value is -2.77. The summed E-state index contributed by atoms with van der Waals surface area (Å²) in [5, 5.41) is 5.94. The van der Waals surface area contributed by atoms with E-state index in [0.717, 1.165) is 0 Å². The number of urea groups is 1. The van der Waals surface area contributed by atoms with Crippen LogP contribution in [0.1, 0.15) is 19.8 Å². The van der Waals surface area contributed by atoms with Gasteiger partial charge in [-0.1, -0.05) is 47.5 Å². The molecule has 3 amide bonds. The second-order valence-corrected chi connectivity index (χ2v) is 8.04. The van der Waals surface area contributed by atoms with Gasteiger partial charge in [-0.15, -0.1) is 0 Å². The van der Waals surface area contributed by atoms with E-state index in [0.29, 0.717) is 35.8 Å². The lowest BCUT2D eigenvalue weighted by atomic mass is 9.98. The Morgan fingerprint density at radius 2 is 1.81 bits per heavy atom. The third kappa shape index (κ3) is 6.12. The molecule has 1 aliphatic heterocycles. The van der Waals surface area contributed by atoms with Crippen molar-refractivity contribution in [3.63, 3.8) is 0 Å². The van der Waals surface area contributed by atoms with Gasteiger partial charge in [0.2, 0.25) is 0 Å². The van der Waals surface area contributed by atoms with E-state index in [2.05, 4.69) is 10.6 Å². The third-order valence-electron chi connectivity index (χ3n) is 4.94. The minimum atomic E-state index is -1.03. The molecule has 2 unspecified atom stereocenters. The number of carbonyl (C=O) groups excluding carboxylic acids is 3. The standard InChI is InChI=1S/C22H23Cl2N3O4/c1-14(20(28)26-18-11-5-10-17(23)19(18)24)31-21(29)15-7-6-12-27(13-15)22(30)25-16-8-3-2-4-9-16/h2-5,8-11,14-15H,6-7,12-13H2,1H3,(H,25,30)(H,26,28). The third-order valence-corrected chi connectivity index (χ3v) is 5.76. The number of hydrogen-bond acceptors (Lipinski definition) is 4. The van der Waals surface area contributed by atoms with Crippen LogP contribution in [0.25, 0.3) is 0 Å². The minimum Gasteiger partial charge on any atom is -0.452 e. The Kier molecular flexibility index (Phi) is 7.76. The number of hydrogen-bond donors (Lipinski definition) is 2. The average molecular weight is 464 g/mol. The molecule has 2 N–H and O–H groups in total. The fourth-order valence-corrected chi connectivity index (χ4v) is 3.58. The summed E-state index contributed by atoms with van der Waals surface area (Å²) < 4.78 is 5.35. The summed E-state index contributed by atoms with van der Waals surface area (Å²) in [4.78, 5) is 39.1. The van der Waals surface area contributed by atoms with Crippen molar-refractivity contribution in [3.8, 4) is 0 Å². The van der Waals surface area contributed by atoms with Gasteiger partial charge in [0.1, 0.15) is 0 Å². The van der Waals surface area contributed by atoms with Crippen LogP contribution in [0, 0.1) is 5.92 Å². The van der Waals surface area contributed by atoms with E-state index in [4.69, 9.17) is 27.9 Å². The fourth-order valence-electron chi connectivity index (χ4n) is 3.24. The van der Waals surface area contributed by atoms with Gasteiger partial charge in [-0.2, -0.15) is 0 Å². The number of para-hydroxylation sites is 1. The molecule has 1 heterocycles. The predicted octanol–water partition coefficient (Wildman–Crippen LogP) is 4.81. The number of nitrogens with zero attached hydrogens (tertiary/aromatic N) is 1. The highest BCUT2D eigenvalue weighted by Crippen LogP contribution is 2.29. The van der Waals surface area contributed by atoms with Crippen LogP contribution >= 0.6 is 23.2 Å². The zero-order chi connectivity index (χ0) is 22.4. The molecule has 0 aromatic heterocycles. The van der Waals surface area contributed by atoms with E-state index in [9.17, 15) is 14.4 Å². The van der Waals surface area contributed by atoms with Crippen molar-refractivity contribution in [2.24, 2.45) is 5.92 Å². The van der Waals surface area contributed by atoms with Crippen LogP contribution in [0.15, 0.2) is 48.5 Å². The maximum Gasteiger partial charge on any atom is 0.321 e. The number of amides is 3. The Morgan fingerprint density at radius 3 is 2.55 bits per heavy atom. The van der Waals surface area contributed by atoms with Crippen LogP contribution in [0.5, 0.6) is 0 Å². The molecule has 0 saturated carbocycles. The average Bonchev–Trinajstić information content (AvgIpc) is 2.77. The van der Waals surface area contributed by atoms with E-state index in [1.54, 1.807) is 35.2 Å². The van der Waals surface area contributed by atoms with Crippen molar-refractivity contribution in [1.82, 2.24) is 4.90 Å². The normalized spacial score (nSPS) is 16.9. The minimum absolute atomic E-state index is 0.211. The molecule has 2 aromatic carbocycles. The molecular formula is C22H23Cl2N3O4. The molecule has 1 fully saturated rings. The number of benzene rings is 2. The monoisotopic (exact) mass is 463 g/mol. The van der Waals surface area contributed by atoms with Gasteiger partial charge in [-0.3, -0.25) is 9.59 Å². The molecule has 7 nitrogen and oxygen atoms in total. The van der Waals surface area contributed by atoms with E-state index in [-0.39, 0.29) is 17.6 Å². The Labute approximate surface area is 190 Å². The first-order valence-electron chi connectivity index (χ1n) is 9.91. The summed E-state index contributed by atoms with van der Waals surface area (Å²) in [7, 11) is 0. The highest BCUT2D eigenvalue weighted by Gasteiger charge is 2.31. The molecule has 2 aromatic rings. The quantitative estimate of drug-likeness (QED) is 0.622. The second kappa shape index (κ2) is 10.5. The first kappa shape index (κ1) is 22.9. The van der Waals surface area contributed by atoms with Gasteiger partial charge in [0, 0.05) is 18.8 Å². The summed E-state index contributed by atoms with van der Waals surface area (Å²) in [6, 6.07) is 13.7. The van der Waals surface area contributed by atoms with Crippen LogP contribution in [0.4, 0.5) is 16.2 Å². The highest BCUT2D eigenvalue weighted by molar-refractivity contribution is 6.44. The first-order valence-corrected chi connectivity index (χ1v) is 10.7. The van der Waals surface area contributed by atoms with Crippen LogP contribution in [0.3, 0.4) is 0 Å². The van der Waals surface area contributed by atoms with Crippen molar-refractivity contribution in [2.75, 3.05) is 23.7 Å². The lowest BCUT2D eigenvalue weighted by Gasteiger charge is -2.32. The number of rotatable bonds is 5. The zero-order valence-corrected chi connectivity index (χ0v) is 18.4. The number of halogens is 2. The van der Waals surface area contributed by atoms with Crippen molar-refractivity contribution in [3.05, 3.63) is 58.6 Å². The van der Waals surface area contributed by atoms with Gasteiger partial charge in [-0.05, 0) is 44.0 Å². The molecular weight excluding hydrogens is 441 g/mol. The lowest BCUT2D eigenvalue weighted by Crippen LogP contribution is -2.45. The van der Waals surface area contributed by atoms with Crippen LogP contribution in [0.2, 0.25) is 10.0 Å². The zero-order valence-electron chi connectivity index (χ0n) is 16.9. The Bertz CT molecular complexity index is 955. The largest absolute Gasteiger partial charge is 0.452 e. The summed E-state index contributed by atoms with van der Waals surface area (Å²) in [5.74, 6) is -1.54. The summed E-state index contributed by atoms with van der Waals surface area (Å²) in [6.07, 6.45) is 0.222. The number of carbonyl (C=O) groups is 3. The summed E-state index contributed by atoms with van der Waals surface area (Å²) in [5.41, 5.74) is 1.02. The van der Waals surface area contributed by atoms with Crippen molar-refractivity contribution in [2.45, 2.75) is 25.9 Å². The first-order chi connectivity index (χ1) is 14.8. The van der Waals surface area contributed by atoms with E-state index < -0.39 is 23.9 Å². The SMILES string of the molecule is CC(OC(=O)C1CCCN(C(=O)Nc2ccccc2)C1)C(=O)Nc1cccc(Cl)c1Cl. The van der Waals surface area contributed by atoms with Gasteiger partial charge in [0.15, 0.2) is 6.10 Å². The predicted molar refractivity (Wildman–Crippen MR) is 120 cm³/mol. The molecule has 0 bridgehead atoms. The van der Waals surface area contributed by atoms with Gasteiger partial charge >= 0.3 is 12.0 Å². The van der Waals surface area contributed by atoms with Gasteiger partial charge in [0.25, 0.3) is 5.91 Å². The molecule has 31 heavy (non-hydrogen) atoms. The molecule has 1 aliphatic rings.